The molecular weight excluding hydrogens is 311 g/mol. The Balaban J connectivity index is 1.58. The van der Waals surface area contributed by atoms with Crippen LogP contribution in [-0.4, -0.2) is 13.4 Å². The number of halogens is 1. The predicted octanol–water partition coefficient (Wildman–Crippen LogP) is 2.78. The third kappa shape index (κ3) is 4.09. The summed E-state index contributed by atoms with van der Waals surface area (Å²) in [6.07, 6.45) is 2.37. The monoisotopic (exact) mass is 326 g/mol. The van der Waals surface area contributed by atoms with Gasteiger partial charge in [0.05, 0.1) is 23.0 Å². The Kier molecular flexibility index (Phi) is 4.05. The van der Waals surface area contributed by atoms with E-state index in [2.05, 4.69) is 9.71 Å². The van der Waals surface area contributed by atoms with Crippen LogP contribution in [0.3, 0.4) is 0 Å². The predicted molar refractivity (Wildman–Crippen MR) is 80.0 cm³/mol. The van der Waals surface area contributed by atoms with Crippen LogP contribution < -0.4 is 4.72 Å². The van der Waals surface area contributed by atoms with Gasteiger partial charge in [-0.15, -0.1) is 11.3 Å². The standard InChI is InChI=1S/C14H15FN2O2S2/c15-12-5-1-10(2-6-12)9-21(18,19)16-7-13-8-20-14(17-13)11-3-4-11/h1-2,5-6,8,11,16H,3-4,7,9H2. The van der Waals surface area contributed by atoms with Crippen LogP contribution in [0, 0.1) is 5.82 Å². The van der Waals surface area contributed by atoms with E-state index in [9.17, 15) is 12.8 Å². The lowest BCUT2D eigenvalue weighted by Gasteiger charge is -2.05. The molecule has 0 saturated heterocycles. The molecule has 21 heavy (non-hydrogen) atoms. The summed E-state index contributed by atoms with van der Waals surface area (Å²) in [6, 6.07) is 5.46. The fourth-order valence-electron chi connectivity index (χ4n) is 1.96. The molecule has 0 unspecified atom stereocenters. The van der Waals surface area contributed by atoms with Gasteiger partial charge in [0.1, 0.15) is 5.82 Å². The lowest BCUT2D eigenvalue weighted by Crippen LogP contribution is -2.24. The third-order valence-corrected chi connectivity index (χ3v) is 5.59. The van der Waals surface area contributed by atoms with Crippen LogP contribution in [0.15, 0.2) is 29.6 Å². The highest BCUT2D eigenvalue weighted by atomic mass is 32.2. The minimum atomic E-state index is -3.45. The summed E-state index contributed by atoms with van der Waals surface area (Å²) in [4.78, 5) is 4.44. The topological polar surface area (TPSA) is 59.1 Å². The maximum absolute atomic E-state index is 12.8. The van der Waals surface area contributed by atoms with Gasteiger partial charge < -0.3 is 0 Å². The number of benzene rings is 1. The van der Waals surface area contributed by atoms with E-state index in [-0.39, 0.29) is 18.1 Å². The molecule has 1 aromatic carbocycles. The van der Waals surface area contributed by atoms with E-state index < -0.39 is 10.0 Å². The molecule has 0 aliphatic heterocycles. The fourth-order valence-corrected chi connectivity index (χ4v) is 4.05. The Hall–Kier alpha value is -1.31. The van der Waals surface area contributed by atoms with Crippen LogP contribution in [0.2, 0.25) is 0 Å². The molecule has 1 aromatic heterocycles. The average Bonchev–Trinajstić information content (AvgIpc) is 3.18. The maximum atomic E-state index is 12.8. The van der Waals surface area contributed by atoms with Crippen molar-refractivity contribution >= 4 is 21.4 Å². The number of hydrogen-bond acceptors (Lipinski definition) is 4. The molecule has 3 rings (SSSR count). The smallest absolute Gasteiger partial charge is 0.216 e. The number of nitrogens with one attached hydrogen (secondary N) is 1. The molecule has 112 valence electrons. The van der Waals surface area contributed by atoms with Crippen molar-refractivity contribution in [2.45, 2.75) is 31.1 Å². The van der Waals surface area contributed by atoms with Gasteiger partial charge in [0.2, 0.25) is 10.0 Å². The first-order valence-electron chi connectivity index (χ1n) is 6.68. The molecular formula is C14H15FN2O2S2. The molecule has 0 amide bonds. The lowest BCUT2D eigenvalue weighted by molar-refractivity contribution is 0.579. The van der Waals surface area contributed by atoms with Gasteiger partial charge in [0.25, 0.3) is 0 Å². The van der Waals surface area contributed by atoms with E-state index in [1.807, 2.05) is 5.38 Å². The highest BCUT2D eigenvalue weighted by molar-refractivity contribution is 7.88. The highest BCUT2D eigenvalue weighted by Gasteiger charge is 2.26. The lowest BCUT2D eigenvalue weighted by atomic mass is 10.2. The summed E-state index contributed by atoms with van der Waals surface area (Å²) in [7, 11) is -3.45. The van der Waals surface area contributed by atoms with Crippen molar-refractivity contribution in [3.63, 3.8) is 0 Å². The van der Waals surface area contributed by atoms with Gasteiger partial charge in [-0.05, 0) is 30.5 Å². The zero-order chi connectivity index (χ0) is 14.9. The van der Waals surface area contributed by atoms with Gasteiger partial charge >= 0.3 is 0 Å². The van der Waals surface area contributed by atoms with E-state index in [4.69, 9.17) is 0 Å². The van der Waals surface area contributed by atoms with Crippen molar-refractivity contribution in [2.75, 3.05) is 0 Å². The number of hydrogen-bond donors (Lipinski definition) is 1. The molecule has 4 nitrogen and oxygen atoms in total. The molecule has 0 atom stereocenters. The molecule has 1 aliphatic carbocycles. The minimum absolute atomic E-state index is 0.160. The van der Waals surface area contributed by atoms with Gasteiger partial charge in [-0.25, -0.2) is 22.5 Å². The number of aromatic nitrogens is 1. The van der Waals surface area contributed by atoms with Crippen LogP contribution in [0.5, 0.6) is 0 Å². The first kappa shape index (κ1) is 14.6. The molecule has 1 fully saturated rings. The zero-order valence-electron chi connectivity index (χ0n) is 11.3. The number of rotatable bonds is 6. The Morgan fingerprint density at radius 2 is 2.00 bits per heavy atom. The zero-order valence-corrected chi connectivity index (χ0v) is 12.9. The Morgan fingerprint density at radius 1 is 1.29 bits per heavy atom. The second-order valence-electron chi connectivity index (χ2n) is 5.16. The Bertz CT molecular complexity index is 722. The van der Waals surface area contributed by atoms with Crippen LogP contribution in [0.4, 0.5) is 4.39 Å². The van der Waals surface area contributed by atoms with E-state index >= 15 is 0 Å². The van der Waals surface area contributed by atoms with E-state index in [1.54, 1.807) is 11.3 Å². The summed E-state index contributed by atoms with van der Waals surface area (Å²) >= 11 is 1.59. The second kappa shape index (κ2) is 5.82. The molecule has 1 N–H and O–H groups in total. The van der Waals surface area contributed by atoms with Gasteiger partial charge in [-0.1, -0.05) is 12.1 Å². The van der Waals surface area contributed by atoms with E-state index in [0.717, 1.165) is 10.7 Å². The normalized spacial score (nSPS) is 15.3. The van der Waals surface area contributed by atoms with Gasteiger partial charge in [-0.3, -0.25) is 0 Å². The molecule has 0 radical (unpaired) electrons. The van der Waals surface area contributed by atoms with Crippen molar-refractivity contribution in [1.29, 1.82) is 0 Å². The summed E-state index contributed by atoms with van der Waals surface area (Å²) in [5.74, 6) is 0.0474. The second-order valence-corrected chi connectivity index (χ2v) is 7.85. The molecule has 1 aliphatic rings. The third-order valence-electron chi connectivity index (χ3n) is 3.24. The van der Waals surface area contributed by atoms with Gasteiger partial charge in [-0.2, -0.15) is 0 Å². The molecule has 1 heterocycles. The molecule has 1 saturated carbocycles. The first-order chi connectivity index (χ1) is 10.0. The van der Waals surface area contributed by atoms with E-state index in [0.29, 0.717) is 11.5 Å². The van der Waals surface area contributed by atoms with Crippen molar-refractivity contribution in [2.24, 2.45) is 0 Å². The fraction of sp³-hybridized carbons (Fsp3) is 0.357. The highest BCUT2D eigenvalue weighted by Crippen LogP contribution is 2.41. The number of nitrogens with zero attached hydrogens (tertiary/aromatic N) is 1. The molecule has 0 spiro atoms. The summed E-state index contributed by atoms with van der Waals surface area (Å²) in [5.41, 5.74) is 1.31. The minimum Gasteiger partial charge on any atom is -0.245 e. The van der Waals surface area contributed by atoms with Crippen molar-refractivity contribution in [1.82, 2.24) is 9.71 Å². The van der Waals surface area contributed by atoms with Gasteiger partial charge in [0, 0.05) is 11.3 Å². The Morgan fingerprint density at radius 3 is 2.67 bits per heavy atom. The van der Waals surface area contributed by atoms with E-state index in [1.165, 1.54) is 37.1 Å². The van der Waals surface area contributed by atoms with Crippen molar-refractivity contribution in [3.05, 3.63) is 51.7 Å². The van der Waals surface area contributed by atoms with Crippen LogP contribution >= 0.6 is 11.3 Å². The maximum Gasteiger partial charge on any atom is 0.216 e. The SMILES string of the molecule is O=S(=O)(Cc1ccc(F)cc1)NCc1csc(C2CC2)n1. The van der Waals surface area contributed by atoms with Crippen LogP contribution in [0.25, 0.3) is 0 Å². The summed E-state index contributed by atoms with van der Waals surface area (Å²) in [5, 5.41) is 3.00. The largest absolute Gasteiger partial charge is 0.245 e. The average molecular weight is 326 g/mol. The van der Waals surface area contributed by atoms with Crippen LogP contribution in [-0.2, 0) is 22.3 Å². The first-order valence-corrected chi connectivity index (χ1v) is 9.21. The molecule has 0 bridgehead atoms. The molecule has 7 heteroatoms. The quantitative estimate of drug-likeness (QED) is 0.888. The molecule has 2 aromatic rings. The Labute approximate surface area is 127 Å². The number of sulfonamides is 1. The summed E-state index contributed by atoms with van der Waals surface area (Å²) < 4.78 is 39.3. The summed E-state index contributed by atoms with van der Waals surface area (Å²) in [6.45, 7) is 0.201. The van der Waals surface area contributed by atoms with Crippen molar-refractivity contribution < 1.29 is 12.8 Å². The number of thiazole rings is 1. The van der Waals surface area contributed by atoms with Crippen molar-refractivity contribution in [3.8, 4) is 0 Å². The van der Waals surface area contributed by atoms with Crippen LogP contribution in [0.1, 0.15) is 35.0 Å². The van der Waals surface area contributed by atoms with Gasteiger partial charge in [0.15, 0.2) is 0 Å².